The number of thiophene rings is 1. The fourth-order valence-electron chi connectivity index (χ4n) is 2.15. The van der Waals surface area contributed by atoms with E-state index in [9.17, 15) is 0 Å². The van der Waals surface area contributed by atoms with Crippen molar-refractivity contribution < 1.29 is 0 Å². The van der Waals surface area contributed by atoms with Gasteiger partial charge in [0.25, 0.3) is 0 Å². The first kappa shape index (κ1) is 11.3. The summed E-state index contributed by atoms with van der Waals surface area (Å²) in [6.07, 6.45) is 1.08. The molecular formula is C16H15NS. The van der Waals surface area contributed by atoms with Crippen molar-refractivity contribution in [3.05, 3.63) is 64.9 Å². The normalized spacial score (nSPS) is 10.7. The van der Waals surface area contributed by atoms with Crippen LogP contribution in [0.3, 0.4) is 0 Å². The lowest BCUT2D eigenvalue weighted by Gasteiger charge is -2.09. The summed E-state index contributed by atoms with van der Waals surface area (Å²) in [5.41, 5.74) is 1.23. The molecule has 1 heterocycles. The van der Waals surface area contributed by atoms with Crippen molar-refractivity contribution in [1.29, 1.82) is 0 Å². The van der Waals surface area contributed by atoms with Crippen LogP contribution in [-0.4, -0.2) is 6.54 Å². The van der Waals surface area contributed by atoms with Crippen LogP contribution >= 0.6 is 11.3 Å². The van der Waals surface area contributed by atoms with E-state index in [4.69, 9.17) is 0 Å². The molecule has 0 aliphatic carbocycles. The van der Waals surface area contributed by atoms with Crippen LogP contribution in [0.5, 0.6) is 0 Å². The number of hydrogen-bond donors (Lipinski definition) is 1. The van der Waals surface area contributed by atoms with Gasteiger partial charge in [-0.3, -0.25) is 0 Å². The van der Waals surface area contributed by atoms with Gasteiger partial charge in [-0.2, -0.15) is 0 Å². The van der Waals surface area contributed by atoms with E-state index >= 15 is 0 Å². The lowest BCUT2D eigenvalue weighted by Crippen LogP contribution is -2.04. The Bertz CT molecular complexity index is 623. The molecule has 0 atom stereocenters. The Morgan fingerprint density at radius 2 is 1.78 bits per heavy atom. The second-order valence-electron chi connectivity index (χ2n) is 4.28. The highest BCUT2D eigenvalue weighted by molar-refractivity contribution is 7.09. The molecule has 2 aromatic carbocycles. The third kappa shape index (κ3) is 2.39. The summed E-state index contributed by atoms with van der Waals surface area (Å²) < 4.78 is 0. The lowest BCUT2D eigenvalue weighted by atomic mass is 10.1. The van der Waals surface area contributed by atoms with Crippen molar-refractivity contribution in [2.24, 2.45) is 0 Å². The number of rotatable bonds is 4. The third-order valence-electron chi connectivity index (χ3n) is 3.06. The van der Waals surface area contributed by atoms with Gasteiger partial charge in [-0.05, 0) is 29.3 Å². The number of nitrogens with one attached hydrogen (secondary N) is 1. The maximum atomic E-state index is 3.53. The van der Waals surface area contributed by atoms with Gasteiger partial charge in [-0.1, -0.05) is 42.5 Å². The van der Waals surface area contributed by atoms with Crippen LogP contribution in [0.15, 0.2) is 60.0 Å². The second kappa shape index (κ2) is 5.23. The van der Waals surface area contributed by atoms with Crippen molar-refractivity contribution in [2.75, 3.05) is 11.9 Å². The molecule has 0 aliphatic rings. The Kier molecular flexibility index (Phi) is 3.29. The standard InChI is InChI=1S/C16H15NS/c1-2-8-15-13(5-1)6-3-9-16(15)17-11-10-14-7-4-12-18-14/h1-9,12,17H,10-11H2. The quantitative estimate of drug-likeness (QED) is 0.719. The molecule has 0 saturated carbocycles. The molecule has 0 saturated heterocycles. The smallest absolute Gasteiger partial charge is 0.0419 e. The first-order valence-corrected chi connectivity index (χ1v) is 7.05. The predicted octanol–water partition coefficient (Wildman–Crippen LogP) is 4.56. The molecule has 3 rings (SSSR count). The minimum Gasteiger partial charge on any atom is -0.384 e. The van der Waals surface area contributed by atoms with E-state index in [2.05, 4.69) is 65.3 Å². The largest absolute Gasteiger partial charge is 0.384 e. The molecule has 0 radical (unpaired) electrons. The third-order valence-corrected chi connectivity index (χ3v) is 3.99. The average molecular weight is 253 g/mol. The van der Waals surface area contributed by atoms with Crippen LogP contribution in [0.25, 0.3) is 10.8 Å². The van der Waals surface area contributed by atoms with Gasteiger partial charge >= 0.3 is 0 Å². The van der Waals surface area contributed by atoms with Crippen LogP contribution < -0.4 is 5.32 Å². The molecule has 1 aromatic heterocycles. The Balaban J connectivity index is 1.74. The molecule has 1 nitrogen and oxygen atoms in total. The van der Waals surface area contributed by atoms with Gasteiger partial charge in [0, 0.05) is 22.5 Å². The minimum atomic E-state index is 0.981. The monoisotopic (exact) mass is 253 g/mol. The number of anilines is 1. The fraction of sp³-hybridized carbons (Fsp3) is 0.125. The summed E-state index contributed by atoms with van der Waals surface area (Å²) in [6, 6.07) is 19.2. The predicted molar refractivity (Wildman–Crippen MR) is 80.5 cm³/mol. The molecule has 3 aromatic rings. The number of hydrogen-bond acceptors (Lipinski definition) is 2. The van der Waals surface area contributed by atoms with E-state index in [1.165, 1.54) is 21.3 Å². The van der Waals surface area contributed by atoms with E-state index < -0.39 is 0 Å². The van der Waals surface area contributed by atoms with Gasteiger partial charge in [0.1, 0.15) is 0 Å². The van der Waals surface area contributed by atoms with Crippen molar-refractivity contribution in [3.8, 4) is 0 Å². The number of fused-ring (bicyclic) bond motifs is 1. The van der Waals surface area contributed by atoms with Gasteiger partial charge in [0.15, 0.2) is 0 Å². The van der Waals surface area contributed by atoms with Crippen LogP contribution in [-0.2, 0) is 6.42 Å². The Hall–Kier alpha value is -1.80. The van der Waals surface area contributed by atoms with E-state index in [1.807, 2.05) is 11.3 Å². The molecule has 0 fully saturated rings. The van der Waals surface area contributed by atoms with E-state index in [1.54, 1.807) is 0 Å². The molecule has 90 valence electrons. The molecule has 0 aliphatic heterocycles. The van der Waals surface area contributed by atoms with Crippen LogP contribution in [0.1, 0.15) is 4.88 Å². The second-order valence-corrected chi connectivity index (χ2v) is 5.32. The van der Waals surface area contributed by atoms with Crippen LogP contribution in [0.2, 0.25) is 0 Å². The Morgan fingerprint density at radius 1 is 0.889 bits per heavy atom. The summed E-state index contributed by atoms with van der Waals surface area (Å²) in [4.78, 5) is 1.43. The highest BCUT2D eigenvalue weighted by Gasteiger charge is 1.99. The van der Waals surface area contributed by atoms with Crippen LogP contribution in [0.4, 0.5) is 5.69 Å². The SMILES string of the molecule is c1csc(CCNc2cccc3ccccc23)c1. The molecular weight excluding hydrogens is 238 g/mol. The molecule has 0 spiro atoms. The fourth-order valence-corrected chi connectivity index (χ4v) is 2.86. The summed E-state index contributed by atoms with van der Waals surface area (Å²) >= 11 is 1.82. The van der Waals surface area contributed by atoms with Crippen molar-refractivity contribution >= 4 is 27.8 Å². The highest BCUT2D eigenvalue weighted by Crippen LogP contribution is 2.22. The molecule has 2 heteroatoms. The summed E-state index contributed by atoms with van der Waals surface area (Å²) in [5, 5.41) is 8.25. The number of benzene rings is 2. The topological polar surface area (TPSA) is 12.0 Å². The van der Waals surface area contributed by atoms with Gasteiger partial charge in [0.05, 0.1) is 0 Å². The summed E-state index contributed by atoms with van der Waals surface area (Å²) in [5.74, 6) is 0. The van der Waals surface area contributed by atoms with E-state index in [0.717, 1.165) is 13.0 Å². The Labute approximate surface area is 111 Å². The van der Waals surface area contributed by atoms with E-state index in [0.29, 0.717) is 0 Å². The lowest BCUT2D eigenvalue weighted by molar-refractivity contribution is 1.05. The molecule has 0 bridgehead atoms. The zero-order chi connectivity index (χ0) is 12.2. The van der Waals surface area contributed by atoms with Crippen molar-refractivity contribution in [3.63, 3.8) is 0 Å². The van der Waals surface area contributed by atoms with Gasteiger partial charge in [0.2, 0.25) is 0 Å². The first-order chi connectivity index (χ1) is 8.93. The maximum Gasteiger partial charge on any atom is 0.0419 e. The van der Waals surface area contributed by atoms with Gasteiger partial charge < -0.3 is 5.32 Å². The molecule has 0 amide bonds. The Morgan fingerprint density at radius 3 is 2.67 bits per heavy atom. The minimum absolute atomic E-state index is 0.981. The van der Waals surface area contributed by atoms with Crippen molar-refractivity contribution in [2.45, 2.75) is 6.42 Å². The van der Waals surface area contributed by atoms with Crippen molar-refractivity contribution in [1.82, 2.24) is 0 Å². The van der Waals surface area contributed by atoms with Gasteiger partial charge in [-0.15, -0.1) is 11.3 Å². The van der Waals surface area contributed by atoms with E-state index in [-0.39, 0.29) is 0 Å². The summed E-state index contributed by atoms with van der Waals surface area (Å²) in [6.45, 7) is 0.981. The molecule has 1 N–H and O–H groups in total. The first-order valence-electron chi connectivity index (χ1n) is 6.17. The maximum absolute atomic E-state index is 3.53. The zero-order valence-electron chi connectivity index (χ0n) is 10.1. The molecule has 18 heavy (non-hydrogen) atoms. The summed E-state index contributed by atoms with van der Waals surface area (Å²) in [7, 11) is 0. The van der Waals surface area contributed by atoms with Crippen LogP contribution in [0, 0.1) is 0 Å². The highest BCUT2D eigenvalue weighted by atomic mass is 32.1. The zero-order valence-corrected chi connectivity index (χ0v) is 10.9. The average Bonchev–Trinajstić information content (AvgIpc) is 2.92. The molecule has 0 unspecified atom stereocenters. The van der Waals surface area contributed by atoms with Gasteiger partial charge in [-0.25, -0.2) is 0 Å².